The minimum atomic E-state index is -0.846. The Morgan fingerprint density at radius 2 is 2.27 bits per heavy atom. The average Bonchev–Trinajstić information content (AvgIpc) is 2.94. The lowest BCUT2D eigenvalue weighted by Crippen LogP contribution is -2.18. The monoisotopic (exact) mass is 325 g/mol. The molecule has 8 heteroatoms. The molecule has 22 heavy (non-hydrogen) atoms. The van der Waals surface area contributed by atoms with Crippen molar-refractivity contribution in [1.82, 2.24) is 4.98 Å². The predicted molar refractivity (Wildman–Crippen MR) is 82.7 cm³/mol. The van der Waals surface area contributed by atoms with Crippen LogP contribution < -0.4 is 4.90 Å². The van der Waals surface area contributed by atoms with Crippen LogP contribution in [0.1, 0.15) is 23.7 Å². The van der Waals surface area contributed by atoms with Gasteiger partial charge < -0.3 is 9.64 Å². The number of hydrogen-bond acceptors (Lipinski definition) is 6. The number of thiazole rings is 1. The van der Waals surface area contributed by atoms with Crippen molar-refractivity contribution < 1.29 is 14.1 Å². The van der Waals surface area contributed by atoms with Gasteiger partial charge in [-0.15, -0.1) is 11.3 Å². The molecule has 6 nitrogen and oxygen atoms in total. The molecule has 118 valence electrons. The summed E-state index contributed by atoms with van der Waals surface area (Å²) in [5.41, 5.74) is 0.454. The van der Waals surface area contributed by atoms with E-state index < -0.39 is 16.4 Å². The number of halogens is 1. The number of ether oxygens (including phenoxy) is 1. The number of aromatic nitrogens is 1. The van der Waals surface area contributed by atoms with Crippen LogP contribution in [0.2, 0.25) is 0 Å². The Labute approximate surface area is 131 Å². The molecule has 0 saturated carbocycles. The summed E-state index contributed by atoms with van der Waals surface area (Å²) in [6.45, 7) is 2.24. The van der Waals surface area contributed by atoms with Crippen molar-refractivity contribution in [3.63, 3.8) is 0 Å². The molecule has 0 fully saturated rings. The molecule has 1 heterocycles. The fourth-order valence-electron chi connectivity index (χ4n) is 2.00. The van der Waals surface area contributed by atoms with Gasteiger partial charge in [0.1, 0.15) is 16.8 Å². The summed E-state index contributed by atoms with van der Waals surface area (Å²) in [4.78, 5) is 16.4. The third-order valence-corrected chi connectivity index (χ3v) is 4.28. The lowest BCUT2D eigenvalue weighted by Gasteiger charge is -2.18. The van der Waals surface area contributed by atoms with Gasteiger partial charge in [0.15, 0.2) is 0 Å². The normalized spacial score (nSPS) is 12.2. The Morgan fingerprint density at radius 3 is 2.91 bits per heavy atom. The zero-order valence-electron chi connectivity index (χ0n) is 12.4. The van der Waals surface area contributed by atoms with E-state index in [1.165, 1.54) is 23.5 Å². The zero-order valence-corrected chi connectivity index (χ0v) is 13.3. The highest BCUT2D eigenvalue weighted by Gasteiger charge is 2.23. The maximum atomic E-state index is 13.7. The van der Waals surface area contributed by atoms with Gasteiger partial charge in [-0.2, -0.15) is 4.39 Å². The first kappa shape index (κ1) is 16.3. The number of rotatable bonds is 6. The number of nitrogens with zero attached hydrogens (tertiary/aromatic N) is 3. The van der Waals surface area contributed by atoms with Crippen molar-refractivity contribution in [3.8, 4) is 0 Å². The Kier molecular flexibility index (Phi) is 5.04. The maximum Gasteiger partial charge on any atom is 0.327 e. The minimum absolute atomic E-state index is 0.104. The van der Waals surface area contributed by atoms with Gasteiger partial charge in [-0.05, 0) is 19.1 Å². The first-order valence-electron chi connectivity index (χ1n) is 6.55. The Morgan fingerprint density at radius 1 is 1.55 bits per heavy atom. The molecule has 1 atom stereocenters. The third kappa shape index (κ3) is 3.40. The Hall–Kier alpha value is -2.06. The number of methoxy groups -OCH3 is 1. The summed E-state index contributed by atoms with van der Waals surface area (Å²) in [7, 11) is 3.27. The van der Waals surface area contributed by atoms with Crippen LogP contribution >= 0.6 is 11.3 Å². The van der Waals surface area contributed by atoms with Crippen LogP contribution in [0.25, 0.3) is 0 Å². The second-order valence-electron chi connectivity index (χ2n) is 4.78. The molecule has 0 spiro atoms. The molecule has 0 aliphatic carbocycles. The van der Waals surface area contributed by atoms with Crippen molar-refractivity contribution in [3.05, 3.63) is 50.2 Å². The number of hydrogen-bond donors (Lipinski definition) is 0. The number of para-hydroxylation sites is 1. The molecule has 0 N–H and O–H groups in total. The SMILES string of the molecule is COC(C)c1nc(CN(C)c2cccc(F)c2[N+](=O)[O-])cs1. The minimum Gasteiger partial charge on any atom is -0.375 e. The molecular weight excluding hydrogens is 309 g/mol. The molecule has 2 rings (SSSR count). The molecular formula is C14H16FN3O3S. The summed E-state index contributed by atoms with van der Waals surface area (Å²) < 4.78 is 18.9. The Balaban J connectivity index is 2.23. The summed E-state index contributed by atoms with van der Waals surface area (Å²) >= 11 is 1.46. The largest absolute Gasteiger partial charge is 0.375 e. The zero-order chi connectivity index (χ0) is 16.3. The highest BCUT2D eigenvalue weighted by Crippen LogP contribution is 2.31. The van der Waals surface area contributed by atoms with Crippen LogP contribution in [-0.2, 0) is 11.3 Å². The topological polar surface area (TPSA) is 68.5 Å². The molecule has 0 radical (unpaired) electrons. The lowest BCUT2D eigenvalue weighted by atomic mass is 10.2. The van der Waals surface area contributed by atoms with E-state index in [4.69, 9.17) is 4.74 Å². The first-order valence-corrected chi connectivity index (χ1v) is 7.43. The molecule has 2 aromatic rings. The standard InChI is InChI=1S/C14H16FN3O3S/c1-9(21-3)14-16-10(8-22-14)7-17(2)12-6-4-5-11(15)13(12)18(19)20/h4-6,8-9H,7H2,1-3H3. The van der Waals surface area contributed by atoms with E-state index in [0.717, 1.165) is 16.8 Å². The molecule has 1 unspecified atom stereocenters. The van der Waals surface area contributed by atoms with Crippen LogP contribution in [-0.4, -0.2) is 24.1 Å². The van der Waals surface area contributed by atoms with E-state index in [0.29, 0.717) is 6.54 Å². The molecule has 1 aromatic heterocycles. The lowest BCUT2D eigenvalue weighted by molar-refractivity contribution is -0.386. The first-order chi connectivity index (χ1) is 10.4. The van der Waals surface area contributed by atoms with Crippen molar-refractivity contribution in [2.45, 2.75) is 19.6 Å². The van der Waals surface area contributed by atoms with Crippen LogP contribution in [0.5, 0.6) is 0 Å². The van der Waals surface area contributed by atoms with Gasteiger partial charge in [-0.25, -0.2) is 4.98 Å². The second-order valence-corrected chi connectivity index (χ2v) is 5.67. The summed E-state index contributed by atoms with van der Waals surface area (Å²) in [5, 5.41) is 13.7. The van der Waals surface area contributed by atoms with Gasteiger partial charge in [0.25, 0.3) is 0 Å². The fraction of sp³-hybridized carbons (Fsp3) is 0.357. The van der Waals surface area contributed by atoms with Crippen LogP contribution in [0, 0.1) is 15.9 Å². The van der Waals surface area contributed by atoms with Crippen molar-refractivity contribution in [2.24, 2.45) is 0 Å². The summed E-state index contributed by atoms with van der Waals surface area (Å²) in [6, 6.07) is 4.05. The highest BCUT2D eigenvalue weighted by atomic mass is 32.1. The average molecular weight is 325 g/mol. The van der Waals surface area contributed by atoms with Crippen LogP contribution in [0.3, 0.4) is 0 Å². The number of nitro groups is 1. The molecule has 0 saturated heterocycles. The second kappa shape index (κ2) is 6.80. The van der Waals surface area contributed by atoms with Crippen molar-refractivity contribution in [1.29, 1.82) is 0 Å². The van der Waals surface area contributed by atoms with Gasteiger partial charge in [-0.1, -0.05) is 6.07 Å². The summed E-state index contributed by atoms with van der Waals surface area (Å²) in [6.07, 6.45) is -0.104. The third-order valence-electron chi connectivity index (χ3n) is 3.23. The van der Waals surface area contributed by atoms with Gasteiger partial charge >= 0.3 is 5.69 Å². The molecule has 0 bridgehead atoms. The predicted octanol–water partition coefficient (Wildman–Crippen LogP) is 3.53. The number of benzene rings is 1. The van der Waals surface area contributed by atoms with Gasteiger partial charge in [0.2, 0.25) is 5.82 Å². The fourth-order valence-corrected chi connectivity index (χ4v) is 2.85. The maximum absolute atomic E-state index is 13.7. The van der Waals surface area contributed by atoms with E-state index >= 15 is 0 Å². The summed E-state index contributed by atoms with van der Waals surface area (Å²) in [5.74, 6) is -0.846. The molecule has 1 aromatic carbocycles. The quantitative estimate of drug-likeness (QED) is 0.600. The van der Waals surface area contributed by atoms with E-state index in [1.54, 1.807) is 19.1 Å². The smallest absolute Gasteiger partial charge is 0.327 e. The number of anilines is 1. The van der Waals surface area contributed by atoms with Crippen molar-refractivity contribution in [2.75, 3.05) is 19.1 Å². The van der Waals surface area contributed by atoms with Crippen LogP contribution in [0.4, 0.5) is 15.8 Å². The molecule has 0 aliphatic rings. The van der Waals surface area contributed by atoms with Gasteiger partial charge in [0, 0.05) is 19.5 Å². The van der Waals surface area contributed by atoms with E-state index in [1.807, 2.05) is 12.3 Å². The van der Waals surface area contributed by atoms with E-state index in [9.17, 15) is 14.5 Å². The number of nitro benzene ring substituents is 1. The molecule has 0 amide bonds. The van der Waals surface area contributed by atoms with Crippen molar-refractivity contribution >= 4 is 22.7 Å². The van der Waals surface area contributed by atoms with E-state index in [-0.39, 0.29) is 11.8 Å². The van der Waals surface area contributed by atoms with E-state index in [2.05, 4.69) is 4.98 Å². The van der Waals surface area contributed by atoms with Crippen LogP contribution in [0.15, 0.2) is 23.6 Å². The van der Waals surface area contributed by atoms with Gasteiger partial charge in [-0.3, -0.25) is 10.1 Å². The highest BCUT2D eigenvalue weighted by molar-refractivity contribution is 7.09. The Bertz CT molecular complexity index is 677. The van der Waals surface area contributed by atoms with Gasteiger partial charge in [0.05, 0.1) is 17.2 Å². The molecule has 0 aliphatic heterocycles.